The van der Waals surface area contributed by atoms with Crippen LogP contribution in [-0.2, 0) is 9.53 Å². The molecule has 0 amide bonds. The first-order valence-electron chi connectivity index (χ1n) is 6.03. The van der Waals surface area contributed by atoms with Crippen molar-refractivity contribution in [1.82, 2.24) is 4.90 Å². The van der Waals surface area contributed by atoms with E-state index in [2.05, 4.69) is 18.7 Å². The Bertz CT molecular complexity index is 232. The van der Waals surface area contributed by atoms with E-state index in [0.29, 0.717) is 12.1 Å². The summed E-state index contributed by atoms with van der Waals surface area (Å²) in [6, 6.07) is 0.839. The van der Waals surface area contributed by atoms with Gasteiger partial charge >= 0.3 is 5.97 Å². The number of ether oxygens (including phenoxy) is 1. The highest BCUT2D eigenvalue weighted by atomic mass is 16.5. The molecule has 0 bridgehead atoms. The molecule has 3 atom stereocenters. The predicted molar refractivity (Wildman–Crippen MR) is 62.5 cm³/mol. The first kappa shape index (κ1) is 13.5. The van der Waals surface area contributed by atoms with Crippen LogP contribution in [0.25, 0.3) is 0 Å². The van der Waals surface area contributed by atoms with Crippen LogP contribution in [0.2, 0.25) is 0 Å². The Hall–Kier alpha value is -0.610. The maximum Gasteiger partial charge on any atom is 0.306 e. The van der Waals surface area contributed by atoms with Crippen molar-refractivity contribution in [3.8, 4) is 0 Å². The van der Waals surface area contributed by atoms with E-state index in [4.69, 9.17) is 9.84 Å². The quantitative estimate of drug-likeness (QED) is 0.778. The van der Waals surface area contributed by atoms with Crippen molar-refractivity contribution in [3.63, 3.8) is 0 Å². The summed E-state index contributed by atoms with van der Waals surface area (Å²) in [5.74, 6) is -0.795. The second-order valence-electron chi connectivity index (χ2n) is 4.78. The molecule has 0 aromatic carbocycles. The molecule has 94 valence electrons. The highest BCUT2D eigenvalue weighted by Crippen LogP contribution is 2.25. The average Bonchev–Trinajstić information content (AvgIpc) is 2.25. The molecule has 0 saturated carbocycles. The van der Waals surface area contributed by atoms with Crippen molar-refractivity contribution < 1.29 is 14.6 Å². The third-order valence-corrected chi connectivity index (χ3v) is 3.58. The van der Waals surface area contributed by atoms with Crippen molar-refractivity contribution in [3.05, 3.63) is 0 Å². The van der Waals surface area contributed by atoms with Crippen molar-refractivity contribution in [1.29, 1.82) is 0 Å². The summed E-state index contributed by atoms with van der Waals surface area (Å²) >= 11 is 0. The van der Waals surface area contributed by atoms with E-state index in [0.717, 1.165) is 32.4 Å². The molecule has 1 aliphatic heterocycles. The Morgan fingerprint density at radius 3 is 2.81 bits per heavy atom. The molecule has 1 fully saturated rings. The third kappa shape index (κ3) is 3.46. The Morgan fingerprint density at radius 1 is 1.62 bits per heavy atom. The van der Waals surface area contributed by atoms with Crippen LogP contribution in [0.5, 0.6) is 0 Å². The molecule has 0 aromatic heterocycles. The number of carboxylic acid groups (broad SMARTS) is 1. The summed E-state index contributed by atoms with van der Waals surface area (Å²) in [6.07, 6.45) is 2.56. The minimum absolute atomic E-state index is 0.152. The fourth-order valence-electron chi connectivity index (χ4n) is 2.52. The highest BCUT2D eigenvalue weighted by molar-refractivity contribution is 5.70. The molecule has 4 nitrogen and oxygen atoms in total. The Kier molecular flexibility index (Phi) is 5.22. The third-order valence-electron chi connectivity index (χ3n) is 3.58. The molecule has 0 aromatic rings. The molecule has 3 unspecified atom stereocenters. The summed E-state index contributed by atoms with van der Waals surface area (Å²) < 4.78 is 5.08. The zero-order valence-electron chi connectivity index (χ0n) is 10.5. The summed E-state index contributed by atoms with van der Waals surface area (Å²) in [6.45, 7) is 5.98. The van der Waals surface area contributed by atoms with Gasteiger partial charge in [-0.2, -0.15) is 0 Å². The first-order valence-corrected chi connectivity index (χ1v) is 6.03. The number of carbonyl (C=O) groups is 1. The lowest BCUT2D eigenvalue weighted by atomic mass is 9.90. The minimum atomic E-state index is -0.643. The van der Waals surface area contributed by atoms with E-state index in [1.807, 2.05) is 0 Å². The Labute approximate surface area is 97.6 Å². The molecular weight excluding hydrogens is 206 g/mol. The van der Waals surface area contributed by atoms with Crippen molar-refractivity contribution in [2.45, 2.75) is 45.2 Å². The molecular formula is C12H23NO3. The van der Waals surface area contributed by atoms with Gasteiger partial charge in [-0.05, 0) is 39.7 Å². The smallest absolute Gasteiger partial charge is 0.306 e. The van der Waals surface area contributed by atoms with Gasteiger partial charge in [0.25, 0.3) is 0 Å². The number of likely N-dealkylation sites (tertiary alicyclic amines) is 1. The number of methoxy groups -OCH3 is 1. The van der Waals surface area contributed by atoms with Gasteiger partial charge in [0, 0.05) is 25.8 Å². The fourth-order valence-corrected chi connectivity index (χ4v) is 2.52. The number of hydrogen-bond acceptors (Lipinski definition) is 3. The van der Waals surface area contributed by atoms with Gasteiger partial charge in [0.1, 0.15) is 0 Å². The van der Waals surface area contributed by atoms with Crippen LogP contribution in [0.15, 0.2) is 0 Å². The van der Waals surface area contributed by atoms with Crippen LogP contribution in [-0.4, -0.2) is 48.3 Å². The number of rotatable bonds is 5. The van der Waals surface area contributed by atoms with Crippen LogP contribution in [0.3, 0.4) is 0 Å². The SMILES string of the molecule is COCCC(C)N1CCC(C(=O)O)CC1C. The molecule has 1 N–H and O–H groups in total. The molecule has 4 heteroatoms. The summed E-state index contributed by atoms with van der Waals surface area (Å²) in [7, 11) is 1.72. The average molecular weight is 229 g/mol. The predicted octanol–water partition coefficient (Wildman–Crippen LogP) is 1.60. The van der Waals surface area contributed by atoms with Gasteiger partial charge in [-0.15, -0.1) is 0 Å². The van der Waals surface area contributed by atoms with E-state index < -0.39 is 5.97 Å². The van der Waals surface area contributed by atoms with Gasteiger partial charge in [-0.1, -0.05) is 0 Å². The van der Waals surface area contributed by atoms with Gasteiger partial charge in [-0.25, -0.2) is 0 Å². The second kappa shape index (κ2) is 6.21. The molecule has 1 saturated heterocycles. The number of piperidine rings is 1. The lowest BCUT2D eigenvalue weighted by Crippen LogP contribution is -2.47. The lowest BCUT2D eigenvalue weighted by Gasteiger charge is -2.40. The number of carboxylic acids is 1. The normalized spacial score (nSPS) is 28.9. The van der Waals surface area contributed by atoms with Crippen molar-refractivity contribution in [2.24, 2.45) is 5.92 Å². The molecule has 0 aliphatic carbocycles. The fraction of sp³-hybridized carbons (Fsp3) is 0.917. The van der Waals surface area contributed by atoms with Gasteiger partial charge in [0.15, 0.2) is 0 Å². The largest absolute Gasteiger partial charge is 0.481 e. The molecule has 1 aliphatic rings. The summed E-state index contributed by atoms with van der Waals surface area (Å²) in [5, 5.41) is 8.98. The van der Waals surface area contributed by atoms with Crippen LogP contribution in [0.1, 0.15) is 33.1 Å². The molecule has 16 heavy (non-hydrogen) atoms. The molecule has 1 rings (SSSR count). The first-order chi connectivity index (χ1) is 7.56. The van der Waals surface area contributed by atoms with Gasteiger partial charge in [-0.3, -0.25) is 9.69 Å². The zero-order valence-corrected chi connectivity index (χ0v) is 10.5. The van der Waals surface area contributed by atoms with Gasteiger partial charge < -0.3 is 9.84 Å². The van der Waals surface area contributed by atoms with Crippen LogP contribution >= 0.6 is 0 Å². The van der Waals surface area contributed by atoms with Crippen molar-refractivity contribution >= 4 is 5.97 Å². The molecule has 1 heterocycles. The van der Waals surface area contributed by atoms with Gasteiger partial charge in [0.05, 0.1) is 5.92 Å². The zero-order chi connectivity index (χ0) is 12.1. The van der Waals surface area contributed by atoms with E-state index in [9.17, 15) is 4.79 Å². The highest BCUT2D eigenvalue weighted by Gasteiger charge is 2.31. The standard InChI is InChI=1S/C12H23NO3/c1-9(5-7-16-3)13-6-4-11(12(14)15)8-10(13)2/h9-11H,4-8H2,1-3H3,(H,14,15). The number of hydrogen-bond donors (Lipinski definition) is 1. The Balaban J connectivity index is 2.43. The van der Waals surface area contributed by atoms with Crippen LogP contribution in [0.4, 0.5) is 0 Å². The number of aliphatic carboxylic acids is 1. The summed E-state index contributed by atoms with van der Waals surface area (Å²) in [4.78, 5) is 13.3. The molecule has 0 spiro atoms. The topological polar surface area (TPSA) is 49.8 Å². The van der Waals surface area contributed by atoms with E-state index in [1.165, 1.54) is 0 Å². The maximum atomic E-state index is 10.9. The lowest BCUT2D eigenvalue weighted by molar-refractivity contribution is -0.144. The van der Waals surface area contributed by atoms with E-state index >= 15 is 0 Å². The van der Waals surface area contributed by atoms with Crippen LogP contribution in [0, 0.1) is 5.92 Å². The minimum Gasteiger partial charge on any atom is -0.481 e. The van der Waals surface area contributed by atoms with E-state index in [-0.39, 0.29) is 5.92 Å². The van der Waals surface area contributed by atoms with Gasteiger partial charge in [0.2, 0.25) is 0 Å². The van der Waals surface area contributed by atoms with E-state index in [1.54, 1.807) is 7.11 Å². The van der Waals surface area contributed by atoms with Crippen molar-refractivity contribution in [2.75, 3.05) is 20.3 Å². The molecule has 0 radical (unpaired) electrons. The summed E-state index contributed by atoms with van der Waals surface area (Å²) in [5.41, 5.74) is 0. The number of nitrogens with zero attached hydrogens (tertiary/aromatic N) is 1. The van der Waals surface area contributed by atoms with Crippen LogP contribution < -0.4 is 0 Å². The maximum absolute atomic E-state index is 10.9. The monoisotopic (exact) mass is 229 g/mol. The Morgan fingerprint density at radius 2 is 2.31 bits per heavy atom. The second-order valence-corrected chi connectivity index (χ2v) is 4.78.